The van der Waals surface area contributed by atoms with Gasteiger partial charge >= 0.3 is 0 Å². The number of rotatable bonds is 0. The van der Waals surface area contributed by atoms with Crippen LogP contribution in [-0.4, -0.2) is 61.3 Å². The van der Waals surface area contributed by atoms with E-state index in [4.69, 9.17) is 9.47 Å². The highest BCUT2D eigenvalue weighted by Crippen LogP contribution is 2.63. The molecule has 0 aromatic heterocycles. The Balaban J connectivity index is 0.000000126. The lowest BCUT2D eigenvalue weighted by Gasteiger charge is -2.56. The minimum Gasteiger partial charge on any atom is -0.488 e. The van der Waals surface area contributed by atoms with E-state index in [1.54, 1.807) is 22.3 Å². The van der Waals surface area contributed by atoms with E-state index < -0.39 is 0 Å². The van der Waals surface area contributed by atoms with Gasteiger partial charge in [0.15, 0.2) is 0 Å². The van der Waals surface area contributed by atoms with Crippen LogP contribution in [0.2, 0.25) is 0 Å². The van der Waals surface area contributed by atoms with E-state index in [9.17, 15) is 0 Å². The smallest absolute Gasteiger partial charge is 0.126 e. The summed E-state index contributed by atoms with van der Waals surface area (Å²) < 4.78 is 13.2. The lowest BCUT2D eigenvalue weighted by molar-refractivity contribution is -0.0142. The fourth-order valence-electron chi connectivity index (χ4n) is 11.3. The maximum absolute atomic E-state index is 6.59. The van der Waals surface area contributed by atoms with Crippen molar-refractivity contribution < 1.29 is 9.47 Å². The first kappa shape index (κ1) is 28.2. The van der Waals surface area contributed by atoms with Crippen LogP contribution in [0.25, 0.3) is 0 Å². The molecule has 4 heterocycles. The lowest BCUT2D eigenvalue weighted by atomic mass is 9.52. The van der Waals surface area contributed by atoms with Gasteiger partial charge in [-0.1, -0.05) is 62.4 Å². The molecule has 4 aliphatic carbocycles. The molecule has 2 aromatic carbocycles. The van der Waals surface area contributed by atoms with Crippen molar-refractivity contribution in [2.24, 2.45) is 23.7 Å². The van der Waals surface area contributed by atoms with Crippen LogP contribution in [0.15, 0.2) is 48.6 Å². The SMILES string of the molecule is Cc1ccc2c3c1O[C@H]1[C@@H](C)C=CC4[C@@H](C2)N(C)CC[C@@]341.Cc1ccc2c3c1O[C@H]1[C@@H](C)C=CC4[C@@H](C2)N(C)CC[C@@]341.Cl. The fraction of sp³-hybridized carbons (Fsp3) is 0.579. The predicted molar refractivity (Wildman–Crippen MR) is 175 cm³/mol. The van der Waals surface area contributed by atoms with E-state index in [0.29, 0.717) is 48.0 Å². The molecule has 0 amide bonds. The molecule has 43 heavy (non-hydrogen) atoms. The van der Waals surface area contributed by atoms with Gasteiger partial charge in [0, 0.05) is 57.7 Å². The summed E-state index contributed by atoms with van der Waals surface area (Å²) in [5, 5.41) is 0. The molecule has 0 radical (unpaired) electrons. The Morgan fingerprint density at radius 2 is 1.07 bits per heavy atom. The Morgan fingerprint density at radius 1 is 0.651 bits per heavy atom. The van der Waals surface area contributed by atoms with E-state index >= 15 is 0 Å². The second-order valence-corrected chi connectivity index (χ2v) is 15.2. The predicted octanol–water partition coefficient (Wildman–Crippen LogP) is 6.57. The van der Waals surface area contributed by atoms with Crippen LogP contribution in [0, 0.1) is 37.5 Å². The number of aryl methyl sites for hydroxylation is 2. The number of likely N-dealkylation sites (N-methyl/N-ethyl adjacent to an activating group) is 2. The number of hydrogen-bond donors (Lipinski definition) is 0. The van der Waals surface area contributed by atoms with Crippen molar-refractivity contribution in [1.29, 1.82) is 0 Å². The van der Waals surface area contributed by atoms with Crippen molar-refractivity contribution in [2.45, 2.75) is 88.5 Å². The maximum atomic E-state index is 6.59. The molecule has 2 saturated heterocycles. The molecule has 10 rings (SSSR count). The molecule has 228 valence electrons. The molecule has 4 bridgehead atoms. The van der Waals surface area contributed by atoms with Crippen molar-refractivity contribution in [3.63, 3.8) is 0 Å². The average molecular weight is 599 g/mol. The van der Waals surface area contributed by atoms with E-state index in [0.717, 1.165) is 0 Å². The number of benzene rings is 2. The molecule has 4 nitrogen and oxygen atoms in total. The van der Waals surface area contributed by atoms with Crippen LogP contribution in [0.3, 0.4) is 0 Å². The third kappa shape index (κ3) is 3.36. The van der Waals surface area contributed by atoms with Gasteiger partial charge in [0.05, 0.1) is 0 Å². The summed E-state index contributed by atoms with van der Waals surface area (Å²) in [6.07, 6.45) is 15.4. The van der Waals surface area contributed by atoms with Gasteiger partial charge in [0.1, 0.15) is 23.7 Å². The molecule has 4 aliphatic heterocycles. The summed E-state index contributed by atoms with van der Waals surface area (Å²) in [4.78, 5) is 5.15. The second kappa shape index (κ2) is 9.37. The van der Waals surface area contributed by atoms with Gasteiger partial charge in [0.2, 0.25) is 0 Å². The van der Waals surface area contributed by atoms with Gasteiger partial charge in [-0.15, -0.1) is 12.4 Å². The van der Waals surface area contributed by atoms with Crippen molar-refractivity contribution in [2.75, 3.05) is 27.2 Å². The molecule has 0 N–H and O–H groups in total. The highest BCUT2D eigenvalue weighted by molar-refractivity contribution is 5.85. The highest BCUT2D eigenvalue weighted by Gasteiger charge is 2.64. The molecule has 2 spiro atoms. The van der Waals surface area contributed by atoms with Gasteiger partial charge in [-0.05, 0) is 89.0 Å². The average Bonchev–Trinajstić information content (AvgIpc) is 3.52. The van der Waals surface area contributed by atoms with Gasteiger partial charge in [-0.25, -0.2) is 0 Å². The number of piperidine rings is 2. The first-order valence-electron chi connectivity index (χ1n) is 16.6. The quantitative estimate of drug-likeness (QED) is 0.320. The number of likely N-dealkylation sites (tertiary alicyclic amines) is 2. The third-order valence-corrected chi connectivity index (χ3v) is 13.3. The minimum absolute atomic E-state index is 0. The van der Waals surface area contributed by atoms with E-state index in [-0.39, 0.29) is 23.2 Å². The minimum atomic E-state index is 0. The number of nitrogens with zero attached hydrogens (tertiary/aromatic N) is 2. The zero-order valence-corrected chi connectivity index (χ0v) is 27.4. The van der Waals surface area contributed by atoms with E-state index in [1.165, 1.54) is 61.4 Å². The van der Waals surface area contributed by atoms with E-state index in [2.05, 4.69) is 100 Å². The van der Waals surface area contributed by atoms with Crippen molar-refractivity contribution >= 4 is 12.4 Å². The molecule has 5 heteroatoms. The van der Waals surface area contributed by atoms with Crippen LogP contribution in [0.5, 0.6) is 11.5 Å². The fourth-order valence-corrected chi connectivity index (χ4v) is 11.3. The molecular formula is C38H47ClN2O2. The van der Waals surface area contributed by atoms with Crippen molar-refractivity contribution in [3.8, 4) is 11.5 Å². The highest BCUT2D eigenvalue weighted by atomic mass is 35.5. The number of halogens is 1. The molecule has 2 unspecified atom stereocenters. The second-order valence-electron chi connectivity index (χ2n) is 15.2. The first-order chi connectivity index (χ1) is 20.3. The van der Waals surface area contributed by atoms with Crippen LogP contribution >= 0.6 is 12.4 Å². The van der Waals surface area contributed by atoms with Gasteiger partial charge in [-0.2, -0.15) is 0 Å². The Bertz CT molecular complexity index is 1450. The molecule has 0 saturated carbocycles. The third-order valence-electron chi connectivity index (χ3n) is 13.3. The standard InChI is InChI=1S/2C19H23NO.ClH/c2*1-11-4-6-13-10-15-14-7-5-12(2)18-19(14,8-9-20(15)3)16(13)17(11)21-18;/h2*4-7,12,14-15,18H,8-10H2,1-3H3;1H/t2*12-,14?,15+,18-,19-;/m00./s1. The van der Waals surface area contributed by atoms with Crippen LogP contribution in [-0.2, 0) is 23.7 Å². The number of hydrogen-bond acceptors (Lipinski definition) is 4. The van der Waals surface area contributed by atoms with Crippen molar-refractivity contribution in [3.05, 3.63) is 82.0 Å². The summed E-state index contributed by atoms with van der Waals surface area (Å²) in [5.41, 5.74) is 9.40. The monoisotopic (exact) mass is 598 g/mol. The molecular weight excluding hydrogens is 552 g/mol. The summed E-state index contributed by atoms with van der Waals surface area (Å²) >= 11 is 0. The zero-order chi connectivity index (χ0) is 28.7. The normalized spacial score (nSPS) is 41.6. The lowest BCUT2D eigenvalue weighted by Crippen LogP contribution is -2.63. The zero-order valence-electron chi connectivity index (χ0n) is 26.6. The van der Waals surface area contributed by atoms with Gasteiger partial charge in [0.25, 0.3) is 0 Å². The van der Waals surface area contributed by atoms with Gasteiger partial charge < -0.3 is 19.3 Å². The van der Waals surface area contributed by atoms with Crippen LogP contribution < -0.4 is 9.47 Å². The largest absolute Gasteiger partial charge is 0.488 e. The molecule has 2 aromatic rings. The summed E-state index contributed by atoms with van der Waals surface area (Å²) in [5.74, 6) is 4.74. The van der Waals surface area contributed by atoms with Gasteiger partial charge in [-0.3, -0.25) is 0 Å². The van der Waals surface area contributed by atoms with E-state index in [1.807, 2.05) is 0 Å². The molecule has 2 fully saturated rings. The number of ether oxygens (including phenoxy) is 2. The Hall–Kier alpha value is -2.27. The first-order valence-corrected chi connectivity index (χ1v) is 16.6. The summed E-state index contributed by atoms with van der Waals surface area (Å²) in [7, 11) is 4.60. The Labute approximate surface area is 263 Å². The van der Waals surface area contributed by atoms with Crippen LogP contribution in [0.4, 0.5) is 0 Å². The summed E-state index contributed by atoms with van der Waals surface area (Å²) in [6, 6.07) is 10.6. The van der Waals surface area contributed by atoms with Crippen molar-refractivity contribution in [1.82, 2.24) is 9.80 Å². The Kier molecular flexibility index (Phi) is 6.15. The molecule has 8 aliphatic rings. The Morgan fingerprint density at radius 3 is 1.49 bits per heavy atom. The summed E-state index contributed by atoms with van der Waals surface area (Å²) in [6.45, 7) is 11.5. The topological polar surface area (TPSA) is 24.9 Å². The molecule has 10 atom stereocenters. The van der Waals surface area contributed by atoms with Crippen LogP contribution in [0.1, 0.15) is 60.1 Å². The maximum Gasteiger partial charge on any atom is 0.126 e.